The number of likely N-dealkylation sites (tertiary alicyclic amines) is 2. The van der Waals surface area contributed by atoms with Crippen LogP contribution in [0.2, 0.25) is 5.02 Å². The molecule has 3 aliphatic heterocycles. The number of amides is 2. The summed E-state index contributed by atoms with van der Waals surface area (Å²) in [6, 6.07) is 6.30. The largest absolute Gasteiger partial charge is 0.376 e. The Kier molecular flexibility index (Phi) is 4.90. The van der Waals surface area contributed by atoms with Crippen LogP contribution in [-0.4, -0.2) is 58.4 Å². The third-order valence-electron chi connectivity index (χ3n) is 6.58. The van der Waals surface area contributed by atoms with Crippen LogP contribution < -0.4 is 5.32 Å². The molecule has 5 nitrogen and oxygen atoms in total. The van der Waals surface area contributed by atoms with Gasteiger partial charge in [-0.2, -0.15) is 0 Å². The lowest BCUT2D eigenvalue weighted by molar-refractivity contribution is -0.00435. The lowest BCUT2D eigenvalue weighted by atomic mass is 9.87. The van der Waals surface area contributed by atoms with Crippen molar-refractivity contribution in [3.63, 3.8) is 0 Å². The van der Waals surface area contributed by atoms with Crippen LogP contribution in [0.25, 0.3) is 0 Å². The molecular formula is C21H30ClN3O2. The van der Waals surface area contributed by atoms with Crippen LogP contribution in [0, 0.1) is 12.8 Å². The highest BCUT2D eigenvalue weighted by Crippen LogP contribution is 2.37. The van der Waals surface area contributed by atoms with Crippen LogP contribution >= 0.6 is 11.6 Å². The Balaban J connectivity index is 1.25. The van der Waals surface area contributed by atoms with Crippen molar-refractivity contribution in [3.05, 3.63) is 34.3 Å². The number of halogens is 1. The average Bonchev–Trinajstić information content (AvgIpc) is 2.92. The van der Waals surface area contributed by atoms with Crippen LogP contribution in [0.1, 0.15) is 43.7 Å². The SMILES string of the molecule is Cc1cc(Cl)ccc1CC1CCN(C(=O)N2CC3(CCC(C)(O)N3)C2)CC1. The molecule has 3 aliphatic rings. The number of hydrogen-bond acceptors (Lipinski definition) is 3. The van der Waals surface area contributed by atoms with Gasteiger partial charge in [0.15, 0.2) is 0 Å². The second-order valence-corrected chi connectivity index (χ2v) is 9.46. The first-order valence-corrected chi connectivity index (χ1v) is 10.4. The van der Waals surface area contributed by atoms with E-state index < -0.39 is 5.72 Å². The Hall–Kier alpha value is -1.30. The molecule has 2 N–H and O–H groups in total. The fourth-order valence-corrected chi connectivity index (χ4v) is 5.19. The smallest absolute Gasteiger partial charge is 0.320 e. The number of urea groups is 1. The van der Waals surface area contributed by atoms with E-state index in [1.54, 1.807) is 0 Å². The molecule has 0 aromatic heterocycles. The van der Waals surface area contributed by atoms with Gasteiger partial charge in [0.25, 0.3) is 0 Å². The number of aliphatic hydroxyl groups is 1. The van der Waals surface area contributed by atoms with Gasteiger partial charge < -0.3 is 14.9 Å². The quantitative estimate of drug-likeness (QED) is 0.814. The third-order valence-corrected chi connectivity index (χ3v) is 6.82. The van der Waals surface area contributed by atoms with Crippen LogP contribution in [0.3, 0.4) is 0 Å². The van der Waals surface area contributed by atoms with Gasteiger partial charge in [0.1, 0.15) is 5.72 Å². The molecule has 4 rings (SSSR count). The van der Waals surface area contributed by atoms with E-state index in [-0.39, 0.29) is 11.6 Å². The van der Waals surface area contributed by atoms with Gasteiger partial charge in [0.05, 0.1) is 5.54 Å². The first kappa shape index (κ1) is 19.0. The summed E-state index contributed by atoms with van der Waals surface area (Å²) >= 11 is 6.06. The highest BCUT2D eigenvalue weighted by atomic mass is 35.5. The number of piperidine rings is 1. The molecule has 1 spiro atoms. The van der Waals surface area contributed by atoms with Crippen LogP contribution in [0.5, 0.6) is 0 Å². The summed E-state index contributed by atoms with van der Waals surface area (Å²) in [6.07, 6.45) is 4.87. The van der Waals surface area contributed by atoms with E-state index in [9.17, 15) is 9.90 Å². The maximum Gasteiger partial charge on any atom is 0.320 e. The molecule has 0 radical (unpaired) electrons. The molecule has 1 unspecified atom stereocenters. The Morgan fingerprint density at radius 1 is 1.26 bits per heavy atom. The van der Waals surface area contributed by atoms with E-state index in [0.29, 0.717) is 19.0 Å². The standard InChI is InChI=1S/C21H30ClN3O2/c1-15-11-18(22)4-3-17(15)12-16-5-9-24(10-6-16)19(26)25-13-21(14-25)8-7-20(2,27)23-21/h3-4,11,16,23,27H,5-10,12-14H2,1-2H3. The molecule has 3 saturated heterocycles. The zero-order valence-corrected chi connectivity index (χ0v) is 17.1. The highest BCUT2D eigenvalue weighted by Gasteiger charge is 2.53. The van der Waals surface area contributed by atoms with Gasteiger partial charge in [0.2, 0.25) is 0 Å². The summed E-state index contributed by atoms with van der Waals surface area (Å²) in [5.41, 5.74) is 1.77. The topological polar surface area (TPSA) is 55.8 Å². The van der Waals surface area contributed by atoms with Gasteiger partial charge in [-0.05, 0) is 75.1 Å². The summed E-state index contributed by atoms with van der Waals surface area (Å²) in [6.45, 7) is 7.04. The van der Waals surface area contributed by atoms with Gasteiger partial charge in [0, 0.05) is 31.2 Å². The molecule has 0 aliphatic carbocycles. The van der Waals surface area contributed by atoms with Crippen LogP contribution in [0.15, 0.2) is 18.2 Å². The van der Waals surface area contributed by atoms with Crippen molar-refractivity contribution >= 4 is 17.6 Å². The molecule has 3 heterocycles. The van der Waals surface area contributed by atoms with Crippen molar-refractivity contribution in [1.29, 1.82) is 0 Å². The molecule has 1 aromatic rings. The molecule has 27 heavy (non-hydrogen) atoms. The van der Waals surface area contributed by atoms with Crippen molar-refractivity contribution in [2.75, 3.05) is 26.2 Å². The van der Waals surface area contributed by atoms with E-state index in [4.69, 9.17) is 11.6 Å². The third kappa shape index (κ3) is 3.96. The second kappa shape index (κ2) is 6.94. The fraction of sp³-hybridized carbons (Fsp3) is 0.667. The van der Waals surface area contributed by atoms with Crippen molar-refractivity contribution in [2.45, 2.75) is 57.2 Å². The first-order valence-electron chi connectivity index (χ1n) is 10.1. The molecule has 148 valence electrons. The van der Waals surface area contributed by atoms with Gasteiger partial charge in [-0.25, -0.2) is 4.79 Å². The second-order valence-electron chi connectivity index (χ2n) is 9.02. The highest BCUT2D eigenvalue weighted by molar-refractivity contribution is 6.30. The van der Waals surface area contributed by atoms with Gasteiger partial charge in [-0.15, -0.1) is 0 Å². The Morgan fingerprint density at radius 3 is 2.56 bits per heavy atom. The monoisotopic (exact) mass is 391 g/mol. The lowest BCUT2D eigenvalue weighted by Gasteiger charge is -2.50. The molecule has 0 saturated carbocycles. The minimum absolute atomic E-state index is 0.0659. The Morgan fingerprint density at radius 2 is 1.96 bits per heavy atom. The zero-order valence-electron chi connectivity index (χ0n) is 16.3. The van der Waals surface area contributed by atoms with Crippen molar-refractivity contribution in [2.24, 2.45) is 5.92 Å². The van der Waals surface area contributed by atoms with E-state index in [1.807, 2.05) is 28.9 Å². The predicted molar refractivity (Wildman–Crippen MR) is 107 cm³/mol. The van der Waals surface area contributed by atoms with Gasteiger partial charge >= 0.3 is 6.03 Å². The molecule has 0 bridgehead atoms. The van der Waals surface area contributed by atoms with Gasteiger partial charge in [-0.1, -0.05) is 17.7 Å². The summed E-state index contributed by atoms with van der Waals surface area (Å²) in [5.74, 6) is 0.628. The number of hydrogen-bond donors (Lipinski definition) is 2. The Bertz CT molecular complexity index is 722. The number of carbonyl (C=O) groups is 1. The summed E-state index contributed by atoms with van der Waals surface area (Å²) in [4.78, 5) is 16.7. The molecule has 1 atom stereocenters. The van der Waals surface area contributed by atoms with E-state index in [1.165, 1.54) is 11.1 Å². The van der Waals surface area contributed by atoms with Crippen molar-refractivity contribution in [1.82, 2.24) is 15.1 Å². The lowest BCUT2D eigenvalue weighted by Crippen LogP contribution is -2.71. The molecular weight excluding hydrogens is 362 g/mol. The summed E-state index contributed by atoms with van der Waals surface area (Å²) < 4.78 is 0. The maximum absolute atomic E-state index is 12.8. The molecule has 6 heteroatoms. The number of carbonyl (C=O) groups excluding carboxylic acids is 1. The van der Waals surface area contributed by atoms with Crippen molar-refractivity contribution < 1.29 is 9.90 Å². The van der Waals surface area contributed by atoms with E-state index >= 15 is 0 Å². The zero-order chi connectivity index (χ0) is 19.2. The number of nitrogens with one attached hydrogen (secondary N) is 1. The number of nitrogens with zero attached hydrogens (tertiary/aromatic N) is 2. The van der Waals surface area contributed by atoms with Crippen molar-refractivity contribution in [3.8, 4) is 0 Å². The summed E-state index contributed by atoms with van der Waals surface area (Å²) in [7, 11) is 0. The maximum atomic E-state index is 12.8. The van der Waals surface area contributed by atoms with Gasteiger partial charge in [-0.3, -0.25) is 5.32 Å². The fourth-order valence-electron chi connectivity index (χ4n) is 4.96. The van der Waals surface area contributed by atoms with Crippen LogP contribution in [-0.2, 0) is 6.42 Å². The molecule has 3 fully saturated rings. The minimum atomic E-state index is -0.784. The molecule has 2 amide bonds. The average molecular weight is 392 g/mol. The minimum Gasteiger partial charge on any atom is -0.376 e. The van der Waals surface area contributed by atoms with E-state index in [0.717, 1.165) is 50.2 Å². The number of benzene rings is 1. The summed E-state index contributed by atoms with van der Waals surface area (Å²) in [5, 5.41) is 14.2. The first-order chi connectivity index (χ1) is 12.8. The predicted octanol–water partition coefficient (Wildman–Crippen LogP) is 3.17. The normalized spacial score (nSPS) is 27.9. The Labute approximate surface area is 166 Å². The number of rotatable bonds is 2. The number of aryl methyl sites for hydroxylation is 1. The van der Waals surface area contributed by atoms with Crippen LogP contribution in [0.4, 0.5) is 4.79 Å². The van der Waals surface area contributed by atoms with E-state index in [2.05, 4.69) is 18.3 Å². The molecule has 1 aromatic carbocycles.